The van der Waals surface area contributed by atoms with E-state index < -0.39 is 5.54 Å². The molecule has 2 N–H and O–H groups in total. The molecule has 1 fully saturated rings. The van der Waals surface area contributed by atoms with Crippen molar-refractivity contribution in [2.45, 2.75) is 44.8 Å². The normalized spacial score (nSPS) is 24.0. The average Bonchev–Trinajstić information content (AvgIpc) is 3.27. The fourth-order valence-electron chi connectivity index (χ4n) is 3.74. The van der Waals surface area contributed by atoms with Crippen LogP contribution in [0.15, 0.2) is 52.1 Å². The van der Waals surface area contributed by atoms with Crippen molar-refractivity contribution in [2.24, 2.45) is 4.99 Å². The van der Waals surface area contributed by atoms with Gasteiger partial charge >= 0.3 is 0 Å². The molecule has 1 amide bonds. The van der Waals surface area contributed by atoms with Crippen molar-refractivity contribution in [2.75, 3.05) is 18.4 Å². The van der Waals surface area contributed by atoms with Crippen LogP contribution in [-0.2, 0) is 6.54 Å². The number of furan rings is 1. The van der Waals surface area contributed by atoms with E-state index in [9.17, 15) is 4.79 Å². The fraction of sp³-hybridized carbons (Fsp3) is 0.429. The Morgan fingerprint density at radius 2 is 2.04 bits per heavy atom. The van der Waals surface area contributed by atoms with E-state index >= 15 is 0 Å². The Morgan fingerprint density at radius 1 is 1.22 bits per heavy atom. The summed E-state index contributed by atoms with van der Waals surface area (Å²) >= 11 is 0. The first-order chi connectivity index (χ1) is 12.9. The van der Waals surface area contributed by atoms with Crippen molar-refractivity contribution in [3.63, 3.8) is 0 Å². The van der Waals surface area contributed by atoms with Crippen molar-refractivity contribution in [1.82, 2.24) is 10.2 Å². The summed E-state index contributed by atoms with van der Waals surface area (Å²) in [5, 5.41) is 7.27. The first kappa shape index (κ1) is 17.8. The van der Waals surface area contributed by atoms with Crippen LogP contribution in [0, 0.1) is 0 Å². The number of hydrogen-bond donors (Lipinski definition) is 2. The number of likely N-dealkylation sites (tertiary alicyclic amines) is 1. The van der Waals surface area contributed by atoms with E-state index in [4.69, 9.17) is 9.41 Å². The minimum Gasteiger partial charge on any atom is -0.459 e. The number of amidine groups is 1. The zero-order chi connectivity index (χ0) is 19.1. The van der Waals surface area contributed by atoms with Crippen LogP contribution in [0.2, 0.25) is 0 Å². The molecule has 1 aromatic heterocycles. The molecule has 27 heavy (non-hydrogen) atoms. The standard InChI is InChI=1S/C21H26N4O2/c1-20(2,3)24-19-21(22-13-15-7-4-5-8-16(15)23-19)10-11-25(14-21)18(26)17-9-6-12-27-17/h4-9,12,22H,10-11,13-14H2,1-3H3,(H,23,24)/t21-/m1/s1. The van der Waals surface area contributed by atoms with E-state index in [2.05, 4.69) is 43.5 Å². The molecule has 0 unspecified atom stereocenters. The molecule has 1 spiro atoms. The van der Waals surface area contributed by atoms with Crippen LogP contribution in [0.5, 0.6) is 0 Å². The molecule has 4 rings (SSSR count). The fourth-order valence-corrected chi connectivity index (χ4v) is 3.74. The highest BCUT2D eigenvalue weighted by Gasteiger charge is 2.46. The van der Waals surface area contributed by atoms with Crippen molar-refractivity contribution in [1.29, 1.82) is 0 Å². The van der Waals surface area contributed by atoms with Gasteiger partial charge in [-0.2, -0.15) is 0 Å². The number of hydrogen-bond acceptors (Lipinski definition) is 4. The van der Waals surface area contributed by atoms with Crippen LogP contribution in [0.4, 0.5) is 5.69 Å². The van der Waals surface area contributed by atoms with Gasteiger partial charge in [-0.3, -0.25) is 15.1 Å². The summed E-state index contributed by atoms with van der Waals surface area (Å²) < 4.78 is 5.31. The third kappa shape index (κ3) is 3.49. The Kier molecular flexibility index (Phi) is 4.30. The summed E-state index contributed by atoms with van der Waals surface area (Å²) in [7, 11) is 0. The second-order valence-corrected chi connectivity index (χ2v) is 8.30. The minimum absolute atomic E-state index is 0.0736. The Bertz CT molecular complexity index is 867. The first-order valence-corrected chi connectivity index (χ1v) is 9.39. The molecule has 0 radical (unpaired) electrons. The van der Waals surface area contributed by atoms with Crippen molar-refractivity contribution >= 4 is 17.4 Å². The monoisotopic (exact) mass is 366 g/mol. The summed E-state index contributed by atoms with van der Waals surface area (Å²) in [6.07, 6.45) is 2.34. The average molecular weight is 366 g/mol. The molecule has 2 aromatic rings. The summed E-state index contributed by atoms with van der Waals surface area (Å²) in [4.78, 5) is 19.6. The third-order valence-electron chi connectivity index (χ3n) is 5.08. The van der Waals surface area contributed by atoms with Gasteiger partial charge in [0, 0.05) is 25.3 Å². The van der Waals surface area contributed by atoms with E-state index in [-0.39, 0.29) is 11.4 Å². The lowest BCUT2D eigenvalue weighted by atomic mass is 9.95. The predicted octanol–water partition coefficient (Wildman–Crippen LogP) is 3.28. The van der Waals surface area contributed by atoms with Gasteiger partial charge in [0.05, 0.1) is 17.3 Å². The molecule has 6 nitrogen and oxygen atoms in total. The number of anilines is 1. The largest absolute Gasteiger partial charge is 0.459 e. The molecular formula is C21H26N4O2. The number of para-hydroxylation sites is 1. The number of nitrogens with one attached hydrogen (secondary N) is 2. The number of amides is 1. The smallest absolute Gasteiger partial charge is 0.289 e. The lowest BCUT2D eigenvalue weighted by Gasteiger charge is -2.32. The Morgan fingerprint density at radius 3 is 2.78 bits per heavy atom. The van der Waals surface area contributed by atoms with E-state index in [1.807, 2.05) is 17.0 Å². The number of aliphatic imine (C=N–C) groups is 1. The van der Waals surface area contributed by atoms with Gasteiger partial charge in [0.25, 0.3) is 5.91 Å². The molecule has 6 heteroatoms. The van der Waals surface area contributed by atoms with E-state index in [0.717, 1.165) is 24.5 Å². The van der Waals surface area contributed by atoms with Gasteiger partial charge in [0.2, 0.25) is 0 Å². The highest BCUT2D eigenvalue weighted by molar-refractivity contribution is 6.05. The second kappa shape index (κ2) is 6.53. The maximum Gasteiger partial charge on any atom is 0.289 e. The van der Waals surface area contributed by atoms with Crippen LogP contribution >= 0.6 is 0 Å². The molecule has 1 atom stereocenters. The lowest BCUT2D eigenvalue weighted by molar-refractivity contribution is 0.0754. The molecule has 0 bridgehead atoms. The topological polar surface area (TPSA) is 69.9 Å². The Labute approximate surface area is 159 Å². The molecule has 0 aliphatic carbocycles. The van der Waals surface area contributed by atoms with Gasteiger partial charge in [-0.05, 0) is 51.0 Å². The maximum atomic E-state index is 12.8. The molecule has 1 aromatic carbocycles. The van der Waals surface area contributed by atoms with Crippen LogP contribution in [0.25, 0.3) is 0 Å². The molecule has 2 aliphatic rings. The lowest BCUT2D eigenvalue weighted by Crippen LogP contribution is -2.56. The maximum absolute atomic E-state index is 12.8. The summed E-state index contributed by atoms with van der Waals surface area (Å²) in [6, 6.07) is 11.7. The molecular weight excluding hydrogens is 340 g/mol. The number of carbonyl (C=O) groups excluding carboxylic acids is 1. The molecule has 0 saturated carbocycles. The van der Waals surface area contributed by atoms with Crippen LogP contribution < -0.4 is 10.6 Å². The van der Waals surface area contributed by atoms with Gasteiger partial charge < -0.3 is 14.6 Å². The number of nitrogens with zero attached hydrogens (tertiary/aromatic N) is 2. The summed E-state index contributed by atoms with van der Waals surface area (Å²) in [6.45, 7) is 8.22. The first-order valence-electron chi connectivity index (χ1n) is 9.39. The zero-order valence-electron chi connectivity index (χ0n) is 16.1. The van der Waals surface area contributed by atoms with Crippen LogP contribution in [-0.4, -0.2) is 40.8 Å². The van der Waals surface area contributed by atoms with Crippen LogP contribution in [0.3, 0.4) is 0 Å². The van der Waals surface area contributed by atoms with E-state index in [1.54, 1.807) is 12.1 Å². The van der Waals surface area contributed by atoms with Gasteiger partial charge in [0.1, 0.15) is 5.84 Å². The van der Waals surface area contributed by atoms with E-state index in [0.29, 0.717) is 18.8 Å². The van der Waals surface area contributed by atoms with Crippen LogP contribution in [0.1, 0.15) is 43.3 Å². The summed E-state index contributed by atoms with van der Waals surface area (Å²) in [5.41, 5.74) is 1.65. The van der Waals surface area contributed by atoms with Crippen molar-refractivity contribution in [3.05, 3.63) is 54.0 Å². The molecule has 142 valence electrons. The van der Waals surface area contributed by atoms with Crippen molar-refractivity contribution in [3.8, 4) is 0 Å². The number of carbonyl (C=O) groups is 1. The minimum atomic E-state index is -0.394. The highest BCUT2D eigenvalue weighted by Crippen LogP contribution is 2.31. The zero-order valence-corrected chi connectivity index (χ0v) is 16.1. The summed E-state index contributed by atoms with van der Waals surface area (Å²) in [5.74, 6) is 1.21. The van der Waals surface area contributed by atoms with Gasteiger partial charge in [0.15, 0.2) is 5.76 Å². The van der Waals surface area contributed by atoms with Crippen molar-refractivity contribution < 1.29 is 9.21 Å². The molecule has 2 aliphatic heterocycles. The third-order valence-corrected chi connectivity index (χ3v) is 5.08. The SMILES string of the molecule is CC(C)(C)N=C1Nc2ccccc2CN[C@@]12CCN(C(=O)c1ccco1)C2. The van der Waals surface area contributed by atoms with Gasteiger partial charge in [-0.1, -0.05) is 18.2 Å². The second-order valence-electron chi connectivity index (χ2n) is 8.30. The van der Waals surface area contributed by atoms with Gasteiger partial charge in [-0.15, -0.1) is 0 Å². The van der Waals surface area contributed by atoms with Gasteiger partial charge in [-0.25, -0.2) is 0 Å². The molecule has 3 heterocycles. The number of fused-ring (bicyclic) bond motifs is 1. The quantitative estimate of drug-likeness (QED) is 0.813. The number of benzene rings is 1. The highest BCUT2D eigenvalue weighted by atomic mass is 16.3. The number of rotatable bonds is 1. The Balaban J connectivity index is 1.68. The molecule has 1 saturated heterocycles. The predicted molar refractivity (Wildman–Crippen MR) is 106 cm³/mol. The Hall–Kier alpha value is -2.60. The van der Waals surface area contributed by atoms with E-state index in [1.165, 1.54) is 11.8 Å².